The number of benzene rings is 1. The number of hydrogen-bond acceptors (Lipinski definition) is 7. The van der Waals surface area contributed by atoms with Crippen LogP contribution in [0.5, 0.6) is 11.5 Å². The van der Waals surface area contributed by atoms with Crippen LogP contribution in [0.1, 0.15) is 64.8 Å². The van der Waals surface area contributed by atoms with E-state index in [1.54, 1.807) is 18.5 Å². The van der Waals surface area contributed by atoms with Crippen LogP contribution < -0.4 is 15.4 Å². The lowest BCUT2D eigenvalue weighted by molar-refractivity contribution is -0.133. The lowest BCUT2D eigenvalue weighted by atomic mass is 9.83. The maximum atomic E-state index is 14.4. The van der Waals surface area contributed by atoms with E-state index in [-0.39, 0.29) is 29.2 Å². The second-order valence-electron chi connectivity index (χ2n) is 12.3. The van der Waals surface area contributed by atoms with Gasteiger partial charge in [0.2, 0.25) is 5.91 Å². The first kappa shape index (κ1) is 27.6. The van der Waals surface area contributed by atoms with Gasteiger partial charge < -0.3 is 20.3 Å². The van der Waals surface area contributed by atoms with Crippen LogP contribution in [0.2, 0.25) is 0 Å². The Kier molecular flexibility index (Phi) is 7.68. The Bertz CT molecular complexity index is 1390. The van der Waals surface area contributed by atoms with E-state index in [0.29, 0.717) is 28.8 Å². The van der Waals surface area contributed by atoms with Crippen LogP contribution in [-0.4, -0.2) is 62.8 Å². The number of halogens is 1. The Morgan fingerprint density at radius 2 is 1.90 bits per heavy atom. The highest BCUT2D eigenvalue weighted by molar-refractivity contribution is 5.82. The molecule has 3 aromatic rings. The van der Waals surface area contributed by atoms with E-state index in [1.807, 2.05) is 29.5 Å². The molecule has 1 amide bonds. The van der Waals surface area contributed by atoms with Crippen molar-refractivity contribution in [3.05, 3.63) is 48.8 Å². The Hall–Kier alpha value is -3.53. The van der Waals surface area contributed by atoms with Crippen molar-refractivity contribution in [2.75, 3.05) is 31.1 Å². The van der Waals surface area contributed by atoms with E-state index >= 15 is 0 Å². The number of nitrogens with zero attached hydrogens (tertiary/aromatic N) is 6. The van der Waals surface area contributed by atoms with Crippen LogP contribution in [0, 0.1) is 17.2 Å². The monoisotopic (exact) mass is 561 g/mol. The zero-order valence-electron chi connectivity index (χ0n) is 24.0. The maximum absolute atomic E-state index is 14.4. The molecule has 2 N–H and O–H groups in total. The smallest absolute Gasteiger partial charge is 0.239 e. The predicted octanol–water partition coefficient (Wildman–Crippen LogP) is 5.19. The number of nitrogens with two attached hydrogens (primary N) is 1. The minimum atomic E-state index is -0.387. The first-order valence-electron chi connectivity index (χ1n) is 14.9. The molecule has 1 aliphatic carbocycles. The molecule has 0 bridgehead atoms. The van der Waals surface area contributed by atoms with Crippen molar-refractivity contribution in [2.45, 2.75) is 70.9 Å². The Balaban J connectivity index is 1.19. The number of carbonyl (C=O) groups is 1. The molecule has 2 aliphatic heterocycles. The van der Waals surface area contributed by atoms with Gasteiger partial charge in [-0.05, 0) is 69.7 Å². The molecule has 3 fully saturated rings. The summed E-state index contributed by atoms with van der Waals surface area (Å²) in [5.41, 5.74) is 7.89. The second-order valence-corrected chi connectivity index (χ2v) is 12.3. The van der Waals surface area contributed by atoms with Gasteiger partial charge in [0.1, 0.15) is 17.9 Å². The molecule has 218 valence electrons. The average molecular weight is 562 g/mol. The van der Waals surface area contributed by atoms with E-state index in [4.69, 9.17) is 10.5 Å². The third-order valence-corrected chi connectivity index (χ3v) is 9.19. The highest BCUT2D eigenvalue weighted by atomic mass is 19.1. The standard InChI is InChI=1S/C31H40FN7O2/c1-21(2)39-25(10-13-36-39)24-16-23(32)8-9-26(24)41-27-17-34-20-35-29(27)37-14-11-31(18-37)12-15-38(19-31)30(40)28(33)22-6-4-3-5-7-22/h8-10,13,16-17,20-22,28H,3-7,11-12,14-15,18-19,33H2,1-2H3. The second kappa shape index (κ2) is 11.4. The largest absolute Gasteiger partial charge is 0.451 e. The first-order valence-corrected chi connectivity index (χ1v) is 14.9. The van der Waals surface area contributed by atoms with Gasteiger partial charge in [-0.15, -0.1) is 0 Å². The number of anilines is 1. The summed E-state index contributed by atoms with van der Waals surface area (Å²) in [4.78, 5) is 26.4. The molecule has 2 saturated heterocycles. The summed E-state index contributed by atoms with van der Waals surface area (Å²) in [7, 11) is 0. The zero-order valence-corrected chi connectivity index (χ0v) is 24.0. The Morgan fingerprint density at radius 1 is 1.10 bits per heavy atom. The summed E-state index contributed by atoms with van der Waals surface area (Å²) in [6.45, 7) is 7.13. The zero-order chi connectivity index (χ0) is 28.6. The normalized spacial score (nSPS) is 22.2. The van der Waals surface area contributed by atoms with Crippen LogP contribution in [0.15, 0.2) is 43.0 Å². The van der Waals surface area contributed by atoms with Crippen molar-refractivity contribution >= 4 is 11.7 Å². The maximum Gasteiger partial charge on any atom is 0.239 e. The third kappa shape index (κ3) is 5.54. The molecule has 1 saturated carbocycles. The fourth-order valence-electron chi connectivity index (χ4n) is 6.95. The van der Waals surface area contributed by atoms with Gasteiger partial charge in [-0.3, -0.25) is 9.48 Å². The van der Waals surface area contributed by atoms with Gasteiger partial charge in [0.25, 0.3) is 0 Å². The number of hydrogen-bond donors (Lipinski definition) is 1. The van der Waals surface area contributed by atoms with Gasteiger partial charge in [-0.25, -0.2) is 14.4 Å². The fraction of sp³-hybridized carbons (Fsp3) is 0.548. The molecule has 1 spiro atoms. The molecule has 2 atom stereocenters. The number of aromatic nitrogens is 4. The van der Waals surface area contributed by atoms with E-state index in [1.165, 1.54) is 37.7 Å². The summed E-state index contributed by atoms with van der Waals surface area (Å²) >= 11 is 0. The van der Waals surface area contributed by atoms with Crippen molar-refractivity contribution in [1.29, 1.82) is 0 Å². The molecule has 0 radical (unpaired) electrons. The van der Waals surface area contributed by atoms with Gasteiger partial charge >= 0.3 is 0 Å². The summed E-state index contributed by atoms with van der Waals surface area (Å²) in [6.07, 6.45) is 12.5. The molecule has 2 unspecified atom stereocenters. The molecular formula is C31H40FN7O2. The van der Waals surface area contributed by atoms with Gasteiger partial charge in [-0.2, -0.15) is 5.10 Å². The third-order valence-electron chi connectivity index (χ3n) is 9.19. The minimum Gasteiger partial charge on any atom is -0.451 e. The molecular weight excluding hydrogens is 521 g/mol. The fourth-order valence-corrected chi connectivity index (χ4v) is 6.95. The quantitative estimate of drug-likeness (QED) is 0.424. The van der Waals surface area contributed by atoms with Crippen LogP contribution >= 0.6 is 0 Å². The van der Waals surface area contributed by atoms with Gasteiger partial charge in [0, 0.05) is 49.4 Å². The van der Waals surface area contributed by atoms with Crippen LogP contribution in [0.25, 0.3) is 11.3 Å². The summed E-state index contributed by atoms with van der Waals surface area (Å²) in [5, 5.41) is 4.42. The molecule has 9 nitrogen and oxygen atoms in total. The first-order chi connectivity index (χ1) is 19.8. The van der Waals surface area contributed by atoms with Crippen molar-refractivity contribution in [1.82, 2.24) is 24.6 Å². The molecule has 4 heterocycles. The number of ether oxygens (including phenoxy) is 1. The average Bonchev–Trinajstić information content (AvgIpc) is 3.75. The van der Waals surface area contributed by atoms with Crippen molar-refractivity contribution in [3.8, 4) is 22.8 Å². The molecule has 2 aromatic heterocycles. The number of rotatable bonds is 7. The van der Waals surface area contributed by atoms with Crippen molar-refractivity contribution in [3.63, 3.8) is 0 Å². The summed E-state index contributed by atoms with van der Waals surface area (Å²) in [6, 6.07) is 6.08. The highest BCUT2D eigenvalue weighted by Gasteiger charge is 2.46. The van der Waals surface area contributed by atoms with Crippen molar-refractivity contribution < 1.29 is 13.9 Å². The predicted molar refractivity (Wildman–Crippen MR) is 155 cm³/mol. The van der Waals surface area contributed by atoms with Crippen molar-refractivity contribution in [2.24, 2.45) is 17.1 Å². The lowest BCUT2D eigenvalue weighted by Crippen LogP contribution is -2.48. The number of amides is 1. The van der Waals surface area contributed by atoms with E-state index in [9.17, 15) is 9.18 Å². The van der Waals surface area contributed by atoms with Crippen LogP contribution in [0.3, 0.4) is 0 Å². The highest BCUT2D eigenvalue weighted by Crippen LogP contribution is 2.44. The van der Waals surface area contributed by atoms with E-state index in [2.05, 4.69) is 20.0 Å². The van der Waals surface area contributed by atoms with E-state index in [0.717, 1.165) is 57.6 Å². The Morgan fingerprint density at radius 3 is 2.71 bits per heavy atom. The molecule has 6 rings (SSSR count). The van der Waals surface area contributed by atoms with E-state index < -0.39 is 0 Å². The molecule has 3 aliphatic rings. The van der Waals surface area contributed by atoms with Crippen LogP contribution in [0.4, 0.5) is 10.2 Å². The number of carbonyl (C=O) groups excluding carboxylic acids is 1. The number of likely N-dealkylation sites (tertiary alicyclic amines) is 1. The molecule has 41 heavy (non-hydrogen) atoms. The minimum absolute atomic E-state index is 0.00889. The molecule has 1 aromatic carbocycles. The van der Waals surface area contributed by atoms with Crippen LogP contribution in [-0.2, 0) is 4.79 Å². The SMILES string of the molecule is CC(C)n1nccc1-c1cc(F)ccc1Oc1cncnc1N1CCC2(CCN(C(=O)C(N)C3CCCCC3)C2)C1. The lowest BCUT2D eigenvalue weighted by Gasteiger charge is -2.31. The summed E-state index contributed by atoms with van der Waals surface area (Å²) in [5.74, 6) is 1.80. The Labute approximate surface area is 240 Å². The van der Waals surface area contributed by atoms with Gasteiger partial charge in [0.05, 0.1) is 17.9 Å². The summed E-state index contributed by atoms with van der Waals surface area (Å²) < 4.78 is 22.7. The van der Waals surface area contributed by atoms with Gasteiger partial charge in [-0.1, -0.05) is 19.3 Å². The van der Waals surface area contributed by atoms with Gasteiger partial charge in [0.15, 0.2) is 11.6 Å². The molecule has 10 heteroatoms. The topological polar surface area (TPSA) is 102 Å².